The lowest BCUT2D eigenvalue weighted by atomic mass is 9.93. The summed E-state index contributed by atoms with van der Waals surface area (Å²) < 4.78 is 11.4. The molecule has 2 amide bonds. The van der Waals surface area contributed by atoms with Gasteiger partial charge >= 0.3 is 6.03 Å². The molecule has 0 saturated heterocycles. The van der Waals surface area contributed by atoms with E-state index in [9.17, 15) is 4.79 Å². The van der Waals surface area contributed by atoms with Gasteiger partial charge in [0.05, 0.1) is 24.8 Å². The highest BCUT2D eigenvalue weighted by molar-refractivity contribution is 5.87. The molecule has 0 spiro atoms. The average Bonchev–Trinajstić information content (AvgIpc) is 3.38. The number of aromatic nitrogens is 2. The van der Waals surface area contributed by atoms with Gasteiger partial charge in [-0.15, -0.1) is 0 Å². The second-order valence-electron chi connectivity index (χ2n) is 9.19. The van der Waals surface area contributed by atoms with Crippen LogP contribution in [0.2, 0.25) is 0 Å². The zero-order valence-corrected chi connectivity index (χ0v) is 21.5. The van der Waals surface area contributed by atoms with Gasteiger partial charge in [-0.05, 0) is 68.7 Å². The first kappa shape index (κ1) is 24.3. The third-order valence-corrected chi connectivity index (χ3v) is 6.68. The number of nitrogens with zero attached hydrogens (tertiary/aromatic N) is 3. The van der Waals surface area contributed by atoms with Crippen molar-refractivity contribution in [2.24, 2.45) is 0 Å². The Morgan fingerprint density at radius 2 is 1.70 bits per heavy atom. The zero-order valence-electron chi connectivity index (χ0n) is 21.5. The van der Waals surface area contributed by atoms with Crippen molar-refractivity contribution >= 4 is 11.6 Å². The minimum Gasteiger partial charge on any atom is -0.494 e. The summed E-state index contributed by atoms with van der Waals surface area (Å²) in [6, 6.07) is 23.2. The van der Waals surface area contributed by atoms with Gasteiger partial charge < -0.3 is 14.6 Å². The van der Waals surface area contributed by atoms with Gasteiger partial charge in [0.2, 0.25) is 5.82 Å². The molecule has 1 aliphatic heterocycles. The minimum absolute atomic E-state index is 0.165. The Balaban J connectivity index is 1.56. The molecule has 3 aromatic carbocycles. The van der Waals surface area contributed by atoms with Crippen LogP contribution in [0.5, 0.6) is 5.75 Å². The number of carbonyl (C=O) groups excluding carboxylic acids is 1. The van der Waals surface area contributed by atoms with Crippen LogP contribution in [0.1, 0.15) is 48.0 Å². The first-order chi connectivity index (χ1) is 17.9. The largest absolute Gasteiger partial charge is 0.494 e. The van der Waals surface area contributed by atoms with Crippen molar-refractivity contribution < 1.29 is 14.1 Å². The standard InChI is InChI=1S/C30H30N4O3/c1-5-36-25-16-14-23(15-17-25)28-32-29(37-33-28)26-21(4)34(18-24-9-7-6-8-20(24)3)30(35)31-27(26)22-12-10-19(2)11-13-22/h6-17,27H,5,18H2,1-4H3,(H,31,35). The SMILES string of the molecule is CCOc1ccc(-c2noc(C3=C(C)N(Cc4ccccc4C)C(=O)NC3c3ccc(C)cc3)n2)cc1. The zero-order chi connectivity index (χ0) is 25.9. The maximum absolute atomic E-state index is 13.4. The smallest absolute Gasteiger partial charge is 0.322 e. The van der Waals surface area contributed by atoms with Gasteiger partial charge in [-0.25, -0.2) is 4.79 Å². The second-order valence-corrected chi connectivity index (χ2v) is 9.19. The predicted molar refractivity (Wildman–Crippen MR) is 143 cm³/mol. The Bertz CT molecular complexity index is 1440. The van der Waals surface area contributed by atoms with Crippen molar-refractivity contribution in [1.29, 1.82) is 0 Å². The molecule has 7 nitrogen and oxygen atoms in total. The number of aryl methyl sites for hydroxylation is 2. The van der Waals surface area contributed by atoms with Gasteiger partial charge in [0.25, 0.3) is 5.89 Å². The van der Waals surface area contributed by atoms with E-state index in [4.69, 9.17) is 14.2 Å². The van der Waals surface area contributed by atoms with Crippen LogP contribution in [-0.4, -0.2) is 27.7 Å². The summed E-state index contributed by atoms with van der Waals surface area (Å²) in [6.45, 7) is 9.02. The Hall–Kier alpha value is -4.39. The van der Waals surface area contributed by atoms with Crippen LogP contribution in [0, 0.1) is 13.8 Å². The molecule has 37 heavy (non-hydrogen) atoms. The number of hydrogen-bond acceptors (Lipinski definition) is 5. The highest BCUT2D eigenvalue weighted by atomic mass is 16.5. The fraction of sp³-hybridized carbons (Fsp3) is 0.233. The van der Waals surface area contributed by atoms with E-state index in [2.05, 4.69) is 10.5 Å². The molecular formula is C30H30N4O3. The maximum atomic E-state index is 13.4. The van der Waals surface area contributed by atoms with Crippen LogP contribution in [0.15, 0.2) is 83.0 Å². The van der Waals surface area contributed by atoms with Gasteiger partial charge in [-0.3, -0.25) is 4.90 Å². The molecule has 0 aliphatic carbocycles. The molecule has 1 unspecified atom stereocenters. The number of rotatable bonds is 7. The molecule has 7 heteroatoms. The van der Waals surface area contributed by atoms with Gasteiger partial charge in [-0.1, -0.05) is 59.3 Å². The molecule has 0 radical (unpaired) electrons. The van der Waals surface area contributed by atoms with Crippen LogP contribution in [0.4, 0.5) is 4.79 Å². The maximum Gasteiger partial charge on any atom is 0.322 e. The van der Waals surface area contributed by atoms with Crippen LogP contribution in [0.25, 0.3) is 17.0 Å². The van der Waals surface area contributed by atoms with E-state index in [-0.39, 0.29) is 6.03 Å². The molecule has 2 heterocycles. The van der Waals surface area contributed by atoms with Crippen molar-refractivity contribution in [1.82, 2.24) is 20.4 Å². The quantitative estimate of drug-likeness (QED) is 0.319. The molecular weight excluding hydrogens is 464 g/mol. The summed E-state index contributed by atoms with van der Waals surface area (Å²) in [5.41, 5.74) is 6.67. The molecule has 0 saturated carbocycles. The molecule has 5 rings (SSSR count). The number of urea groups is 1. The lowest BCUT2D eigenvalue weighted by Gasteiger charge is -2.35. The van der Waals surface area contributed by atoms with Crippen molar-refractivity contribution in [2.45, 2.75) is 40.3 Å². The van der Waals surface area contributed by atoms with Gasteiger partial charge in [0.15, 0.2) is 0 Å². The fourth-order valence-corrected chi connectivity index (χ4v) is 4.53. The summed E-state index contributed by atoms with van der Waals surface area (Å²) in [6.07, 6.45) is 0. The Morgan fingerprint density at radius 3 is 2.41 bits per heavy atom. The highest BCUT2D eigenvalue weighted by Gasteiger charge is 2.36. The van der Waals surface area contributed by atoms with Crippen LogP contribution < -0.4 is 10.1 Å². The third-order valence-electron chi connectivity index (χ3n) is 6.68. The summed E-state index contributed by atoms with van der Waals surface area (Å²) in [4.78, 5) is 19.9. The average molecular weight is 495 g/mol. The second kappa shape index (κ2) is 10.3. The van der Waals surface area contributed by atoms with Crippen LogP contribution in [0.3, 0.4) is 0 Å². The van der Waals surface area contributed by atoms with Crippen molar-refractivity contribution in [3.63, 3.8) is 0 Å². The lowest BCUT2D eigenvalue weighted by Crippen LogP contribution is -2.45. The number of hydrogen-bond donors (Lipinski definition) is 1. The van der Waals surface area contributed by atoms with Crippen molar-refractivity contribution in [3.8, 4) is 17.1 Å². The Morgan fingerprint density at radius 1 is 0.973 bits per heavy atom. The van der Waals surface area contributed by atoms with E-state index in [1.807, 2.05) is 100 Å². The fourth-order valence-electron chi connectivity index (χ4n) is 4.53. The highest BCUT2D eigenvalue weighted by Crippen LogP contribution is 2.38. The number of nitrogens with one attached hydrogen (secondary N) is 1. The van der Waals surface area contributed by atoms with Crippen molar-refractivity contribution in [2.75, 3.05) is 6.61 Å². The van der Waals surface area contributed by atoms with E-state index >= 15 is 0 Å². The van der Waals surface area contributed by atoms with E-state index in [1.54, 1.807) is 4.90 Å². The summed E-state index contributed by atoms with van der Waals surface area (Å²) in [5, 5.41) is 7.44. The number of carbonyl (C=O) groups is 1. The van der Waals surface area contributed by atoms with E-state index < -0.39 is 6.04 Å². The molecule has 188 valence electrons. The lowest BCUT2D eigenvalue weighted by molar-refractivity contribution is 0.203. The molecule has 1 aromatic heterocycles. The summed E-state index contributed by atoms with van der Waals surface area (Å²) >= 11 is 0. The van der Waals surface area contributed by atoms with Gasteiger partial charge in [-0.2, -0.15) is 4.98 Å². The van der Waals surface area contributed by atoms with Crippen LogP contribution in [-0.2, 0) is 6.54 Å². The molecule has 0 bridgehead atoms. The molecule has 1 atom stereocenters. The first-order valence-electron chi connectivity index (χ1n) is 12.4. The van der Waals surface area contributed by atoms with Crippen molar-refractivity contribution in [3.05, 3.63) is 107 Å². The topological polar surface area (TPSA) is 80.5 Å². The molecule has 4 aromatic rings. The number of amides is 2. The van der Waals surface area contributed by atoms with E-state index in [0.717, 1.165) is 44.8 Å². The number of ether oxygens (including phenoxy) is 1. The number of benzene rings is 3. The van der Waals surface area contributed by atoms with Gasteiger partial charge in [0, 0.05) is 11.3 Å². The van der Waals surface area contributed by atoms with E-state index in [1.165, 1.54) is 0 Å². The molecule has 1 aliphatic rings. The monoisotopic (exact) mass is 494 g/mol. The summed E-state index contributed by atoms with van der Waals surface area (Å²) in [7, 11) is 0. The van der Waals surface area contributed by atoms with E-state index in [0.29, 0.717) is 24.9 Å². The summed E-state index contributed by atoms with van der Waals surface area (Å²) in [5.74, 6) is 1.64. The van der Waals surface area contributed by atoms with Crippen LogP contribution >= 0.6 is 0 Å². The van der Waals surface area contributed by atoms with Gasteiger partial charge in [0.1, 0.15) is 5.75 Å². The molecule has 0 fully saturated rings. The normalized spacial score (nSPS) is 15.6. The Labute approximate surface area is 216 Å². The predicted octanol–water partition coefficient (Wildman–Crippen LogP) is 6.45. The molecule has 1 N–H and O–H groups in total. The Kier molecular flexibility index (Phi) is 6.77. The minimum atomic E-state index is -0.421. The third kappa shape index (κ3) is 4.98. The first-order valence-corrected chi connectivity index (χ1v) is 12.4. The number of allylic oxidation sites excluding steroid dienone is 1.